The average molecular weight is 160 g/mol. The van der Waals surface area contributed by atoms with Crippen LogP contribution in [0.5, 0.6) is 0 Å². The third-order valence-corrected chi connectivity index (χ3v) is 1.54. The molecule has 1 aromatic rings. The molecule has 0 bridgehead atoms. The van der Waals surface area contributed by atoms with Gasteiger partial charge in [-0.2, -0.15) is 5.26 Å². The Morgan fingerprint density at radius 1 is 1.58 bits per heavy atom. The van der Waals surface area contributed by atoms with Gasteiger partial charge in [-0.1, -0.05) is 0 Å². The molecule has 0 amide bonds. The third kappa shape index (κ3) is 1.43. The van der Waals surface area contributed by atoms with Gasteiger partial charge in [-0.05, 0) is 25.1 Å². The van der Waals surface area contributed by atoms with Gasteiger partial charge in [0.15, 0.2) is 5.78 Å². The van der Waals surface area contributed by atoms with Crippen LogP contribution in [0.1, 0.15) is 22.8 Å². The van der Waals surface area contributed by atoms with E-state index in [9.17, 15) is 4.79 Å². The first-order valence-corrected chi connectivity index (χ1v) is 3.45. The maximum atomic E-state index is 11.0. The fourth-order valence-corrected chi connectivity index (χ4v) is 0.951. The summed E-state index contributed by atoms with van der Waals surface area (Å²) in [4.78, 5) is 11.0. The lowest BCUT2D eigenvalue weighted by molar-refractivity contribution is 0.101. The highest BCUT2D eigenvalue weighted by molar-refractivity contribution is 5.97. The zero-order valence-electron chi connectivity index (χ0n) is 6.66. The minimum atomic E-state index is -0.140. The van der Waals surface area contributed by atoms with Crippen LogP contribution >= 0.6 is 0 Å². The van der Waals surface area contributed by atoms with Gasteiger partial charge in [0, 0.05) is 11.3 Å². The summed E-state index contributed by atoms with van der Waals surface area (Å²) >= 11 is 0. The smallest absolute Gasteiger partial charge is 0.161 e. The first-order chi connectivity index (χ1) is 5.65. The molecule has 0 unspecified atom stereocenters. The third-order valence-electron chi connectivity index (χ3n) is 1.54. The predicted octanol–water partition coefficient (Wildman–Crippen LogP) is 1.34. The van der Waals surface area contributed by atoms with Crippen molar-refractivity contribution in [1.29, 1.82) is 5.26 Å². The van der Waals surface area contributed by atoms with Gasteiger partial charge in [-0.25, -0.2) is 0 Å². The van der Waals surface area contributed by atoms with Crippen LogP contribution in [-0.2, 0) is 0 Å². The standard InChI is InChI=1S/C9H8N2O/c1-6(12)9-4-8(11)3-2-7(9)5-10/h2-4H,11H2,1H3. The maximum absolute atomic E-state index is 11.0. The summed E-state index contributed by atoms with van der Waals surface area (Å²) in [5.74, 6) is -0.140. The molecule has 60 valence electrons. The highest BCUT2D eigenvalue weighted by Gasteiger charge is 2.05. The topological polar surface area (TPSA) is 66.9 Å². The zero-order valence-corrected chi connectivity index (χ0v) is 6.66. The van der Waals surface area contributed by atoms with E-state index in [1.807, 2.05) is 6.07 Å². The van der Waals surface area contributed by atoms with Crippen molar-refractivity contribution in [2.45, 2.75) is 6.92 Å². The highest BCUT2D eigenvalue weighted by Crippen LogP contribution is 2.12. The van der Waals surface area contributed by atoms with Crippen LogP contribution in [0.25, 0.3) is 0 Å². The Bertz CT molecular complexity index is 363. The van der Waals surface area contributed by atoms with Crippen molar-refractivity contribution < 1.29 is 4.79 Å². The van der Waals surface area contributed by atoms with E-state index in [0.29, 0.717) is 16.8 Å². The fraction of sp³-hybridized carbons (Fsp3) is 0.111. The number of hydrogen-bond donors (Lipinski definition) is 1. The quantitative estimate of drug-likeness (QED) is 0.498. The van der Waals surface area contributed by atoms with Crippen molar-refractivity contribution in [3.05, 3.63) is 29.3 Å². The number of carbonyl (C=O) groups excluding carboxylic acids is 1. The number of anilines is 1. The van der Waals surface area contributed by atoms with Gasteiger partial charge in [-0.3, -0.25) is 4.79 Å². The molecule has 0 aliphatic heterocycles. The van der Waals surface area contributed by atoms with Gasteiger partial charge in [0.1, 0.15) is 0 Å². The molecule has 1 rings (SSSR count). The summed E-state index contributed by atoms with van der Waals surface area (Å²) in [7, 11) is 0. The van der Waals surface area contributed by atoms with E-state index in [4.69, 9.17) is 11.0 Å². The molecule has 0 heterocycles. The maximum Gasteiger partial charge on any atom is 0.161 e. The molecule has 3 heteroatoms. The first kappa shape index (κ1) is 8.28. The summed E-state index contributed by atoms with van der Waals surface area (Å²) < 4.78 is 0. The molecule has 0 aliphatic rings. The van der Waals surface area contributed by atoms with Crippen LogP contribution in [0.15, 0.2) is 18.2 Å². The number of nitriles is 1. The molecular weight excluding hydrogens is 152 g/mol. The minimum absolute atomic E-state index is 0.140. The molecule has 12 heavy (non-hydrogen) atoms. The van der Waals surface area contributed by atoms with Crippen LogP contribution in [0.2, 0.25) is 0 Å². The molecule has 3 nitrogen and oxygen atoms in total. The van der Waals surface area contributed by atoms with Crippen LogP contribution < -0.4 is 5.73 Å². The van der Waals surface area contributed by atoms with Crippen molar-refractivity contribution in [1.82, 2.24) is 0 Å². The summed E-state index contributed by atoms with van der Waals surface area (Å²) in [6.07, 6.45) is 0. The van der Waals surface area contributed by atoms with E-state index >= 15 is 0 Å². The average Bonchev–Trinajstić information content (AvgIpc) is 2.04. The van der Waals surface area contributed by atoms with E-state index < -0.39 is 0 Å². The Morgan fingerprint density at radius 3 is 2.75 bits per heavy atom. The predicted molar refractivity (Wildman–Crippen MR) is 45.6 cm³/mol. The summed E-state index contributed by atoms with van der Waals surface area (Å²) in [5.41, 5.74) is 6.72. The molecule has 0 spiro atoms. The lowest BCUT2D eigenvalue weighted by atomic mass is 10.0. The molecule has 0 atom stereocenters. The van der Waals surface area contributed by atoms with E-state index in [2.05, 4.69) is 0 Å². The van der Waals surface area contributed by atoms with Gasteiger partial charge in [-0.15, -0.1) is 0 Å². The SMILES string of the molecule is CC(=O)c1cc(N)ccc1C#N. The molecule has 0 aliphatic carbocycles. The van der Waals surface area contributed by atoms with Crippen LogP contribution in [0, 0.1) is 11.3 Å². The van der Waals surface area contributed by atoms with Crippen LogP contribution in [0.4, 0.5) is 5.69 Å². The molecule has 0 saturated carbocycles. The Labute approximate surface area is 70.4 Å². The summed E-state index contributed by atoms with van der Waals surface area (Å²) in [5, 5.41) is 8.62. The number of nitrogen functional groups attached to an aromatic ring is 1. The number of hydrogen-bond acceptors (Lipinski definition) is 3. The lowest BCUT2D eigenvalue weighted by Gasteiger charge is -1.99. The van der Waals surface area contributed by atoms with E-state index in [0.717, 1.165) is 0 Å². The number of nitrogens with two attached hydrogens (primary N) is 1. The molecule has 0 saturated heterocycles. The molecule has 0 aromatic heterocycles. The molecule has 1 aromatic carbocycles. The van der Waals surface area contributed by atoms with Crippen LogP contribution in [0.3, 0.4) is 0 Å². The second-order valence-electron chi connectivity index (χ2n) is 2.47. The monoisotopic (exact) mass is 160 g/mol. The number of nitrogens with zero attached hydrogens (tertiary/aromatic N) is 1. The van der Waals surface area contributed by atoms with Crippen molar-refractivity contribution in [3.8, 4) is 6.07 Å². The van der Waals surface area contributed by atoms with E-state index in [1.165, 1.54) is 13.0 Å². The number of benzene rings is 1. The Morgan fingerprint density at radius 2 is 2.25 bits per heavy atom. The minimum Gasteiger partial charge on any atom is -0.399 e. The van der Waals surface area contributed by atoms with Crippen LogP contribution in [-0.4, -0.2) is 5.78 Å². The van der Waals surface area contributed by atoms with Crippen molar-refractivity contribution in [2.24, 2.45) is 0 Å². The largest absolute Gasteiger partial charge is 0.399 e. The van der Waals surface area contributed by atoms with Crippen molar-refractivity contribution in [2.75, 3.05) is 5.73 Å². The van der Waals surface area contributed by atoms with Crippen molar-refractivity contribution in [3.63, 3.8) is 0 Å². The molecule has 2 N–H and O–H groups in total. The Kier molecular flexibility index (Phi) is 2.11. The molecule has 0 radical (unpaired) electrons. The van der Waals surface area contributed by atoms with Gasteiger partial charge >= 0.3 is 0 Å². The molecular formula is C9H8N2O. The zero-order chi connectivity index (χ0) is 9.14. The van der Waals surface area contributed by atoms with Gasteiger partial charge in [0.2, 0.25) is 0 Å². The number of carbonyl (C=O) groups is 1. The Hall–Kier alpha value is -1.82. The summed E-state index contributed by atoms with van der Waals surface area (Å²) in [6, 6.07) is 6.59. The first-order valence-electron chi connectivity index (χ1n) is 3.45. The van der Waals surface area contributed by atoms with Gasteiger partial charge < -0.3 is 5.73 Å². The highest BCUT2D eigenvalue weighted by atomic mass is 16.1. The number of Topliss-reactive ketones (excluding diaryl/α,β-unsaturated/α-hetero) is 1. The normalized spacial score (nSPS) is 9.00. The number of ketones is 1. The molecule has 0 fully saturated rings. The lowest BCUT2D eigenvalue weighted by Crippen LogP contribution is -1.98. The fourth-order valence-electron chi connectivity index (χ4n) is 0.951. The van der Waals surface area contributed by atoms with Crippen molar-refractivity contribution >= 4 is 11.5 Å². The Balaban J connectivity index is 3.34. The van der Waals surface area contributed by atoms with E-state index in [1.54, 1.807) is 12.1 Å². The number of rotatable bonds is 1. The second kappa shape index (κ2) is 3.05. The van der Waals surface area contributed by atoms with Gasteiger partial charge in [0.25, 0.3) is 0 Å². The second-order valence-corrected chi connectivity index (χ2v) is 2.47. The van der Waals surface area contributed by atoms with E-state index in [-0.39, 0.29) is 5.78 Å². The van der Waals surface area contributed by atoms with Gasteiger partial charge in [0.05, 0.1) is 11.6 Å². The summed E-state index contributed by atoms with van der Waals surface area (Å²) in [6.45, 7) is 1.41.